The van der Waals surface area contributed by atoms with Gasteiger partial charge in [0.15, 0.2) is 6.10 Å². The maximum absolute atomic E-state index is 12.4. The summed E-state index contributed by atoms with van der Waals surface area (Å²) in [5.41, 5.74) is 1.09. The molecule has 1 unspecified atom stereocenters. The van der Waals surface area contributed by atoms with E-state index < -0.39 is 24.0 Å². The van der Waals surface area contributed by atoms with Crippen molar-refractivity contribution in [3.63, 3.8) is 0 Å². The lowest BCUT2D eigenvalue weighted by atomic mass is 10.1. The first-order valence-corrected chi connectivity index (χ1v) is 9.64. The number of urea groups is 1. The van der Waals surface area contributed by atoms with Crippen molar-refractivity contribution in [1.82, 2.24) is 10.2 Å². The lowest BCUT2D eigenvalue weighted by molar-refractivity contribution is -0.125. The number of carbonyl (C=O) groups is 4. The van der Waals surface area contributed by atoms with Crippen LogP contribution in [0, 0.1) is 0 Å². The van der Waals surface area contributed by atoms with Crippen LogP contribution in [-0.2, 0) is 20.9 Å². The number of imide groups is 1. The molecule has 1 fully saturated rings. The zero-order valence-corrected chi connectivity index (χ0v) is 17.3. The van der Waals surface area contributed by atoms with Gasteiger partial charge in [0.05, 0.1) is 29.4 Å². The van der Waals surface area contributed by atoms with E-state index in [-0.39, 0.29) is 29.6 Å². The molecular weight excluding hydrogens is 433 g/mol. The Balaban J connectivity index is 1.63. The van der Waals surface area contributed by atoms with Gasteiger partial charge in [-0.05, 0) is 42.8 Å². The molecule has 8 nitrogen and oxygen atoms in total. The molecule has 0 bridgehead atoms. The number of rotatable bonds is 6. The van der Waals surface area contributed by atoms with Crippen molar-refractivity contribution in [2.45, 2.75) is 19.6 Å². The Kier molecular flexibility index (Phi) is 6.59. The second-order valence-corrected chi connectivity index (χ2v) is 7.34. The van der Waals surface area contributed by atoms with Gasteiger partial charge in [-0.1, -0.05) is 35.3 Å². The lowest BCUT2D eigenvalue weighted by Crippen LogP contribution is -2.31. The fourth-order valence-electron chi connectivity index (χ4n) is 2.70. The summed E-state index contributed by atoms with van der Waals surface area (Å²) in [4.78, 5) is 49.2. The van der Waals surface area contributed by atoms with E-state index in [9.17, 15) is 19.2 Å². The Hall–Kier alpha value is -3.10. The van der Waals surface area contributed by atoms with E-state index in [1.54, 1.807) is 18.2 Å². The van der Waals surface area contributed by atoms with Crippen molar-refractivity contribution >= 4 is 52.7 Å². The molecule has 1 aliphatic heterocycles. The summed E-state index contributed by atoms with van der Waals surface area (Å²) in [6.07, 6.45) is -1.10. The number of esters is 1. The molecule has 1 atom stereocenters. The van der Waals surface area contributed by atoms with Crippen LogP contribution in [0.5, 0.6) is 0 Å². The van der Waals surface area contributed by atoms with Crippen LogP contribution in [0.2, 0.25) is 10.0 Å². The Bertz CT molecular complexity index is 1010. The summed E-state index contributed by atoms with van der Waals surface area (Å²) >= 11 is 11.8. The van der Waals surface area contributed by atoms with E-state index in [1.165, 1.54) is 31.2 Å². The van der Waals surface area contributed by atoms with Crippen LogP contribution < -0.4 is 10.6 Å². The number of benzene rings is 2. The number of ether oxygens (including phenoxy) is 1. The molecule has 156 valence electrons. The number of carbonyl (C=O) groups excluding carboxylic acids is 4. The van der Waals surface area contributed by atoms with E-state index in [2.05, 4.69) is 10.6 Å². The van der Waals surface area contributed by atoms with Gasteiger partial charge < -0.3 is 15.4 Å². The quantitative estimate of drug-likeness (QED) is 0.520. The van der Waals surface area contributed by atoms with E-state index in [1.807, 2.05) is 0 Å². The lowest BCUT2D eigenvalue weighted by Gasteiger charge is -2.15. The zero-order valence-electron chi connectivity index (χ0n) is 15.8. The Morgan fingerprint density at radius 2 is 1.97 bits per heavy atom. The van der Waals surface area contributed by atoms with Crippen LogP contribution in [0.15, 0.2) is 42.5 Å². The number of halogens is 2. The molecule has 10 heteroatoms. The highest BCUT2D eigenvalue weighted by molar-refractivity contribution is 6.36. The highest BCUT2D eigenvalue weighted by atomic mass is 35.5. The summed E-state index contributed by atoms with van der Waals surface area (Å²) in [7, 11) is 0. The number of hydrogen-bond acceptors (Lipinski definition) is 5. The van der Waals surface area contributed by atoms with Crippen molar-refractivity contribution in [2.75, 3.05) is 11.9 Å². The molecule has 0 aromatic heterocycles. The monoisotopic (exact) mass is 449 g/mol. The van der Waals surface area contributed by atoms with Gasteiger partial charge in [-0.2, -0.15) is 0 Å². The Morgan fingerprint density at radius 1 is 1.20 bits per heavy atom. The molecule has 1 saturated heterocycles. The van der Waals surface area contributed by atoms with Crippen molar-refractivity contribution in [3.8, 4) is 0 Å². The number of nitrogens with one attached hydrogen (secondary N) is 2. The van der Waals surface area contributed by atoms with Gasteiger partial charge in [0.25, 0.3) is 5.91 Å². The van der Waals surface area contributed by atoms with E-state index in [4.69, 9.17) is 27.9 Å². The number of nitrogens with zero attached hydrogens (tertiary/aromatic N) is 1. The van der Waals surface area contributed by atoms with Crippen LogP contribution in [0.25, 0.3) is 0 Å². The molecule has 0 spiro atoms. The Labute approximate surface area is 182 Å². The minimum atomic E-state index is -1.10. The Morgan fingerprint density at radius 3 is 2.63 bits per heavy atom. The zero-order chi connectivity index (χ0) is 21.8. The second-order valence-electron chi connectivity index (χ2n) is 6.50. The van der Waals surface area contributed by atoms with Crippen molar-refractivity contribution in [2.24, 2.45) is 0 Å². The first-order valence-electron chi connectivity index (χ1n) is 8.88. The molecule has 2 N–H and O–H groups in total. The van der Waals surface area contributed by atoms with Crippen LogP contribution in [0.4, 0.5) is 10.5 Å². The number of hydrogen-bond donors (Lipinski definition) is 2. The van der Waals surface area contributed by atoms with Gasteiger partial charge in [-0.15, -0.1) is 0 Å². The SMILES string of the molecule is CC(OC(=O)c1cccc(CN2C(=O)CNC2=O)c1)C(=O)Nc1ccc(Cl)cc1Cl. The molecule has 2 aromatic carbocycles. The topological polar surface area (TPSA) is 105 Å². The van der Waals surface area contributed by atoms with Crippen molar-refractivity contribution in [3.05, 3.63) is 63.6 Å². The summed E-state index contributed by atoms with van der Waals surface area (Å²) in [6, 6.07) is 10.4. The molecule has 4 amide bonds. The van der Waals surface area contributed by atoms with Crippen molar-refractivity contribution < 1.29 is 23.9 Å². The predicted molar refractivity (Wildman–Crippen MR) is 110 cm³/mol. The molecule has 1 aliphatic rings. The van der Waals surface area contributed by atoms with Crippen LogP contribution >= 0.6 is 23.2 Å². The van der Waals surface area contributed by atoms with E-state index >= 15 is 0 Å². The maximum Gasteiger partial charge on any atom is 0.338 e. The van der Waals surface area contributed by atoms with Gasteiger partial charge in [-0.25, -0.2) is 9.59 Å². The summed E-state index contributed by atoms with van der Waals surface area (Å²) in [6.45, 7) is 1.40. The highest BCUT2D eigenvalue weighted by Gasteiger charge is 2.28. The summed E-state index contributed by atoms with van der Waals surface area (Å²) in [5, 5.41) is 5.67. The standard InChI is InChI=1S/C20H17Cl2N3O5/c1-11(18(27)24-16-6-5-14(21)8-15(16)22)30-19(28)13-4-2-3-12(7-13)10-25-17(26)9-23-20(25)29/h2-8,11H,9-10H2,1H3,(H,23,29)(H,24,27). The molecule has 2 aromatic rings. The summed E-state index contributed by atoms with van der Waals surface area (Å²) < 4.78 is 5.22. The van der Waals surface area contributed by atoms with Crippen LogP contribution in [0.3, 0.4) is 0 Å². The van der Waals surface area contributed by atoms with E-state index in [0.29, 0.717) is 16.3 Å². The minimum absolute atomic E-state index is 0.0247. The van der Waals surface area contributed by atoms with Gasteiger partial charge in [-0.3, -0.25) is 14.5 Å². The third kappa shape index (κ3) is 5.08. The van der Waals surface area contributed by atoms with Gasteiger partial charge in [0.2, 0.25) is 5.91 Å². The third-order valence-electron chi connectivity index (χ3n) is 4.28. The fraction of sp³-hybridized carbons (Fsp3) is 0.200. The fourth-order valence-corrected chi connectivity index (χ4v) is 3.16. The molecule has 0 radical (unpaired) electrons. The number of anilines is 1. The van der Waals surface area contributed by atoms with Crippen LogP contribution in [0.1, 0.15) is 22.8 Å². The average Bonchev–Trinajstić information content (AvgIpc) is 3.02. The average molecular weight is 450 g/mol. The number of amides is 4. The molecule has 0 saturated carbocycles. The molecular formula is C20H17Cl2N3O5. The van der Waals surface area contributed by atoms with Gasteiger partial charge >= 0.3 is 12.0 Å². The van der Waals surface area contributed by atoms with Crippen LogP contribution in [-0.4, -0.2) is 41.4 Å². The first kappa shape index (κ1) is 21.6. The highest BCUT2D eigenvalue weighted by Crippen LogP contribution is 2.25. The molecule has 0 aliphatic carbocycles. The summed E-state index contributed by atoms with van der Waals surface area (Å²) in [5.74, 6) is -1.64. The van der Waals surface area contributed by atoms with Crippen molar-refractivity contribution in [1.29, 1.82) is 0 Å². The van der Waals surface area contributed by atoms with Gasteiger partial charge in [0, 0.05) is 5.02 Å². The minimum Gasteiger partial charge on any atom is -0.449 e. The third-order valence-corrected chi connectivity index (χ3v) is 4.83. The second kappa shape index (κ2) is 9.15. The molecule has 30 heavy (non-hydrogen) atoms. The first-order chi connectivity index (χ1) is 14.2. The van der Waals surface area contributed by atoms with E-state index in [0.717, 1.165) is 4.90 Å². The normalized spacial score (nSPS) is 14.3. The molecule has 3 rings (SSSR count). The largest absolute Gasteiger partial charge is 0.449 e. The smallest absolute Gasteiger partial charge is 0.338 e. The molecule has 1 heterocycles. The van der Waals surface area contributed by atoms with Gasteiger partial charge in [0.1, 0.15) is 0 Å². The maximum atomic E-state index is 12.4. The predicted octanol–water partition coefficient (Wildman–Crippen LogP) is 3.23.